The molecule has 2 nitrogen and oxygen atoms in total. The van der Waals surface area contributed by atoms with Gasteiger partial charge < -0.3 is 4.74 Å². The third-order valence-corrected chi connectivity index (χ3v) is 3.13. The van der Waals surface area contributed by atoms with E-state index in [2.05, 4.69) is 13.0 Å². The molecule has 0 aliphatic heterocycles. The van der Waals surface area contributed by atoms with Gasteiger partial charge in [-0.25, -0.2) is 0 Å². The number of Topliss-reactive ketones (excluding diaryl/α,β-unsaturated/α-hetero) is 1. The molecule has 0 aromatic rings. The topological polar surface area (TPSA) is 26.3 Å². The predicted molar refractivity (Wildman–Crippen MR) is 66.4 cm³/mol. The number of hydrogen-bond donors (Lipinski definition) is 0. The van der Waals surface area contributed by atoms with Gasteiger partial charge in [-0.3, -0.25) is 4.79 Å². The summed E-state index contributed by atoms with van der Waals surface area (Å²) in [4.78, 5) is 12.0. The first-order valence-electron chi connectivity index (χ1n) is 6.45. The zero-order chi connectivity index (χ0) is 11.8. The molecule has 0 heterocycles. The van der Waals surface area contributed by atoms with E-state index in [9.17, 15) is 4.79 Å². The van der Waals surface area contributed by atoms with Gasteiger partial charge in [0.15, 0.2) is 5.78 Å². The van der Waals surface area contributed by atoms with Crippen LogP contribution in [0.2, 0.25) is 0 Å². The minimum absolute atomic E-state index is 0.337. The highest BCUT2D eigenvalue weighted by Gasteiger charge is 2.14. The molecule has 0 bridgehead atoms. The van der Waals surface area contributed by atoms with E-state index in [-0.39, 0.29) is 0 Å². The summed E-state index contributed by atoms with van der Waals surface area (Å²) < 4.78 is 5.06. The monoisotopic (exact) mass is 224 g/mol. The Morgan fingerprint density at radius 1 is 1.38 bits per heavy atom. The van der Waals surface area contributed by atoms with E-state index in [0.29, 0.717) is 24.7 Å². The van der Waals surface area contributed by atoms with Crippen LogP contribution in [0.3, 0.4) is 0 Å². The highest BCUT2D eigenvalue weighted by Crippen LogP contribution is 2.20. The molecule has 16 heavy (non-hydrogen) atoms. The summed E-state index contributed by atoms with van der Waals surface area (Å²) in [5.74, 6) is 0.676. The van der Waals surface area contributed by atoms with Gasteiger partial charge in [0.25, 0.3) is 0 Å². The van der Waals surface area contributed by atoms with Gasteiger partial charge in [-0.2, -0.15) is 0 Å². The largest absolute Gasteiger partial charge is 0.384 e. The van der Waals surface area contributed by atoms with Gasteiger partial charge in [0.2, 0.25) is 0 Å². The summed E-state index contributed by atoms with van der Waals surface area (Å²) >= 11 is 0. The van der Waals surface area contributed by atoms with Crippen molar-refractivity contribution >= 4 is 5.78 Å². The molecule has 0 N–H and O–H groups in total. The Bertz CT molecular complexity index is 243. The van der Waals surface area contributed by atoms with Crippen LogP contribution in [0.4, 0.5) is 0 Å². The zero-order valence-electron chi connectivity index (χ0n) is 10.6. The first-order valence-corrected chi connectivity index (χ1v) is 6.45. The second-order valence-electron chi connectivity index (χ2n) is 4.87. The van der Waals surface area contributed by atoms with Crippen LogP contribution in [0.1, 0.15) is 51.9 Å². The maximum Gasteiger partial charge on any atom is 0.158 e. The Morgan fingerprint density at radius 2 is 2.12 bits per heavy atom. The van der Waals surface area contributed by atoms with E-state index in [1.807, 2.05) is 0 Å². The van der Waals surface area contributed by atoms with Crippen LogP contribution in [0, 0.1) is 5.92 Å². The molecule has 92 valence electrons. The molecular weight excluding hydrogens is 200 g/mol. The molecule has 0 saturated carbocycles. The van der Waals surface area contributed by atoms with Crippen molar-refractivity contribution in [3.05, 3.63) is 11.6 Å². The number of rotatable bonds is 5. The highest BCUT2D eigenvalue weighted by atomic mass is 16.5. The van der Waals surface area contributed by atoms with Gasteiger partial charge in [0, 0.05) is 20.1 Å². The Morgan fingerprint density at radius 3 is 2.88 bits per heavy atom. The predicted octanol–water partition coefficient (Wildman–Crippen LogP) is 3.51. The number of hydrogen-bond acceptors (Lipinski definition) is 2. The first kappa shape index (κ1) is 13.4. The van der Waals surface area contributed by atoms with Crippen molar-refractivity contribution in [1.29, 1.82) is 0 Å². The van der Waals surface area contributed by atoms with Crippen LogP contribution < -0.4 is 0 Å². The van der Waals surface area contributed by atoms with Crippen LogP contribution >= 0.6 is 0 Å². The van der Waals surface area contributed by atoms with Crippen LogP contribution in [-0.4, -0.2) is 19.5 Å². The molecule has 0 fully saturated rings. The van der Waals surface area contributed by atoms with Crippen LogP contribution in [0.25, 0.3) is 0 Å². The number of carbonyl (C=O) groups is 1. The zero-order valence-corrected chi connectivity index (χ0v) is 10.6. The lowest BCUT2D eigenvalue weighted by Crippen LogP contribution is -2.13. The van der Waals surface area contributed by atoms with E-state index >= 15 is 0 Å². The number of methoxy groups -OCH3 is 1. The quantitative estimate of drug-likeness (QED) is 0.714. The minimum atomic E-state index is 0.337. The summed E-state index contributed by atoms with van der Waals surface area (Å²) in [6.07, 6.45) is 9.88. The normalized spacial score (nSPS) is 19.5. The summed E-state index contributed by atoms with van der Waals surface area (Å²) in [5, 5.41) is 0. The Kier molecular flexibility index (Phi) is 6.39. The van der Waals surface area contributed by atoms with Gasteiger partial charge in [-0.05, 0) is 37.2 Å². The van der Waals surface area contributed by atoms with Crippen molar-refractivity contribution in [2.45, 2.75) is 51.9 Å². The summed E-state index contributed by atoms with van der Waals surface area (Å²) in [6, 6.07) is 0. The van der Waals surface area contributed by atoms with Gasteiger partial charge in [0.1, 0.15) is 0 Å². The summed E-state index contributed by atoms with van der Waals surface area (Å²) in [7, 11) is 1.69. The first-order chi connectivity index (χ1) is 7.74. The van der Waals surface area contributed by atoms with E-state index in [0.717, 1.165) is 18.4 Å². The van der Waals surface area contributed by atoms with Crippen molar-refractivity contribution in [2.24, 2.45) is 5.92 Å². The lowest BCUT2D eigenvalue weighted by Gasteiger charge is -2.13. The molecule has 0 saturated heterocycles. The maximum absolute atomic E-state index is 12.0. The molecular formula is C14H24O2. The molecule has 2 heteroatoms. The Balaban J connectivity index is 2.44. The molecule has 1 aliphatic carbocycles. The third-order valence-electron chi connectivity index (χ3n) is 3.13. The highest BCUT2D eigenvalue weighted by molar-refractivity contribution is 5.95. The lowest BCUT2D eigenvalue weighted by molar-refractivity contribution is -0.116. The van der Waals surface area contributed by atoms with Gasteiger partial charge in [0.05, 0.1) is 0 Å². The molecule has 1 aliphatic rings. The van der Waals surface area contributed by atoms with Crippen molar-refractivity contribution in [1.82, 2.24) is 0 Å². The van der Waals surface area contributed by atoms with Crippen LogP contribution in [0.5, 0.6) is 0 Å². The summed E-state index contributed by atoms with van der Waals surface area (Å²) in [6.45, 7) is 2.75. The molecule has 0 aromatic heterocycles. The number of allylic oxidation sites excluding steroid dienone is 2. The fraction of sp³-hybridized carbons (Fsp3) is 0.786. The smallest absolute Gasteiger partial charge is 0.158 e. The second-order valence-corrected chi connectivity index (χ2v) is 4.87. The van der Waals surface area contributed by atoms with Crippen LogP contribution in [0.15, 0.2) is 11.6 Å². The maximum atomic E-state index is 12.0. The van der Waals surface area contributed by atoms with Gasteiger partial charge in [-0.15, -0.1) is 0 Å². The SMILES string of the molecule is COCC(C)CC(=O)C1=CCCCCCC1. The fourth-order valence-electron chi connectivity index (χ4n) is 2.24. The lowest BCUT2D eigenvalue weighted by atomic mass is 9.93. The van der Waals surface area contributed by atoms with Crippen molar-refractivity contribution in [3.8, 4) is 0 Å². The van der Waals surface area contributed by atoms with Crippen molar-refractivity contribution < 1.29 is 9.53 Å². The molecule has 0 spiro atoms. The van der Waals surface area contributed by atoms with E-state index in [4.69, 9.17) is 4.74 Å². The number of ketones is 1. The third kappa shape index (κ3) is 4.93. The van der Waals surface area contributed by atoms with E-state index < -0.39 is 0 Å². The van der Waals surface area contributed by atoms with Gasteiger partial charge >= 0.3 is 0 Å². The second kappa shape index (κ2) is 7.61. The molecule has 1 unspecified atom stereocenters. The number of carbonyl (C=O) groups excluding carboxylic acids is 1. The summed E-state index contributed by atoms with van der Waals surface area (Å²) in [5.41, 5.74) is 1.07. The minimum Gasteiger partial charge on any atom is -0.384 e. The van der Waals surface area contributed by atoms with Gasteiger partial charge in [-0.1, -0.05) is 25.8 Å². The molecule has 1 atom stereocenters. The fourth-order valence-corrected chi connectivity index (χ4v) is 2.24. The van der Waals surface area contributed by atoms with Crippen molar-refractivity contribution in [3.63, 3.8) is 0 Å². The molecule has 0 radical (unpaired) electrons. The molecule has 0 amide bonds. The average Bonchev–Trinajstić information content (AvgIpc) is 2.16. The van der Waals surface area contributed by atoms with Crippen molar-refractivity contribution in [2.75, 3.05) is 13.7 Å². The molecule has 0 aromatic carbocycles. The van der Waals surface area contributed by atoms with E-state index in [1.54, 1.807) is 7.11 Å². The number of ether oxygens (including phenoxy) is 1. The van der Waals surface area contributed by atoms with E-state index in [1.165, 1.54) is 25.7 Å². The Labute approximate surface area is 99.1 Å². The van der Waals surface area contributed by atoms with Crippen LogP contribution in [-0.2, 0) is 9.53 Å². The molecule has 1 rings (SSSR count). The average molecular weight is 224 g/mol. The Hall–Kier alpha value is -0.630. The standard InChI is InChI=1S/C14H24O2/c1-12(11-16-2)10-14(15)13-8-6-4-3-5-7-9-13/h8,12H,3-7,9-11H2,1-2H3.